The van der Waals surface area contributed by atoms with Crippen LogP contribution in [0.2, 0.25) is 0 Å². The largest absolute Gasteiger partial charge is 0.310 e. The number of nitrogens with one attached hydrogen (secondary N) is 1. The van der Waals surface area contributed by atoms with E-state index in [1.807, 2.05) is 11.6 Å². The van der Waals surface area contributed by atoms with E-state index < -0.39 is 0 Å². The van der Waals surface area contributed by atoms with Crippen molar-refractivity contribution < 1.29 is 0 Å². The van der Waals surface area contributed by atoms with Crippen molar-refractivity contribution in [3.8, 4) is 0 Å². The standard InChI is InChI=1S/C12H16BrN3S/c1-9-12(13)10(2)16(15-9)6-5-14-8-11-4-3-7-17-11/h3-4,7,14H,5-6,8H2,1-2H3. The van der Waals surface area contributed by atoms with E-state index in [2.05, 4.69) is 50.8 Å². The lowest BCUT2D eigenvalue weighted by Gasteiger charge is -2.05. The Bertz CT molecular complexity index is 476. The third-order valence-corrected chi connectivity index (χ3v) is 4.70. The summed E-state index contributed by atoms with van der Waals surface area (Å²) in [5, 5.41) is 10.0. The van der Waals surface area contributed by atoms with Crippen molar-refractivity contribution in [3.63, 3.8) is 0 Å². The lowest BCUT2D eigenvalue weighted by molar-refractivity contribution is 0.544. The van der Waals surface area contributed by atoms with Crippen LogP contribution < -0.4 is 5.32 Å². The minimum Gasteiger partial charge on any atom is -0.310 e. The van der Waals surface area contributed by atoms with E-state index in [-0.39, 0.29) is 0 Å². The molecule has 17 heavy (non-hydrogen) atoms. The van der Waals surface area contributed by atoms with Crippen LogP contribution in [-0.4, -0.2) is 16.3 Å². The highest BCUT2D eigenvalue weighted by molar-refractivity contribution is 9.10. The van der Waals surface area contributed by atoms with Gasteiger partial charge in [-0.2, -0.15) is 5.10 Å². The van der Waals surface area contributed by atoms with Crippen LogP contribution in [0.3, 0.4) is 0 Å². The molecule has 5 heteroatoms. The molecule has 92 valence electrons. The molecular formula is C12H16BrN3S. The second-order valence-electron chi connectivity index (χ2n) is 3.96. The van der Waals surface area contributed by atoms with Gasteiger partial charge >= 0.3 is 0 Å². The normalized spacial score (nSPS) is 11.0. The van der Waals surface area contributed by atoms with Gasteiger partial charge in [0.15, 0.2) is 0 Å². The maximum absolute atomic E-state index is 4.48. The summed E-state index contributed by atoms with van der Waals surface area (Å²) in [5.74, 6) is 0. The zero-order valence-electron chi connectivity index (χ0n) is 10.0. The van der Waals surface area contributed by atoms with Crippen LogP contribution in [0.5, 0.6) is 0 Å². The zero-order chi connectivity index (χ0) is 12.3. The maximum Gasteiger partial charge on any atom is 0.0738 e. The van der Waals surface area contributed by atoms with Gasteiger partial charge in [0.05, 0.1) is 16.7 Å². The van der Waals surface area contributed by atoms with Crippen LogP contribution in [0.1, 0.15) is 16.3 Å². The summed E-state index contributed by atoms with van der Waals surface area (Å²) in [6.45, 7) is 6.89. The number of hydrogen-bond acceptors (Lipinski definition) is 3. The molecule has 0 aliphatic rings. The fourth-order valence-corrected chi connectivity index (χ4v) is 2.66. The van der Waals surface area contributed by atoms with Crippen LogP contribution in [0, 0.1) is 13.8 Å². The molecule has 0 saturated heterocycles. The van der Waals surface area contributed by atoms with E-state index in [1.165, 1.54) is 10.6 Å². The van der Waals surface area contributed by atoms with Crippen molar-refractivity contribution in [3.05, 3.63) is 38.3 Å². The van der Waals surface area contributed by atoms with E-state index in [0.29, 0.717) is 0 Å². The molecule has 0 spiro atoms. The molecule has 0 fully saturated rings. The fraction of sp³-hybridized carbons (Fsp3) is 0.417. The molecule has 0 radical (unpaired) electrons. The predicted octanol–water partition coefficient (Wildman–Crippen LogP) is 3.11. The second-order valence-corrected chi connectivity index (χ2v) is 5.79. The summed E-state index contributed by atoms with van der Waals surface area (Å²) in [6, 6.07) is 4.23. The highest BCUT2D eigenvalue weighted by Gasteiger charge is 2.07. The molecule has 0 saturated carbocycles. The van der Waals surface area contributed by atoms with E-state index in [1.54, 1.807) is 11.3 Å². The average Bonchev–Trinajstić information content (AvgIpc) is 2.90. The van der Waals surface area contributed by atoms with Crippen molar-refractivity contribution in [2.45, 2.75) is 26.9 Å². The van der Waals surface area contributed by atoms with Gasteiger partial charge in [0.1, 0.15) is 0 Å². The van der Waals surface area contributed by atoms with Gasteiger partial charge in [-0.3, -0.25) is 4.68 Å². The van der Waals surface area contributed by atoms with Crippen LogP contribution in [0.4, 0.5) is 0 Å². The summed E-state index contributed by atoms with van der Waals surface area (Å²) >= 11 is 5.32. The number of nitrogens with zero attached hydrogens (tertiary/aromatic N) is 2. The van der Waals surface area contributed by atoms with E-state index in [4.69, 9.17) is 0 Å². The monoisotopic (exact) mass is 313 g/mol. The molecule has 2 aromatic heterocycles. The van der Waals surface area contributed by atoms with Gasteiger partial charge < -0.3 is 5.32 Å². The van der Waals surface area contributed by atoms with E-state index in [0.717, 1.165) is 29.8 Å². The molecule has 0 unspecified atom stereocenters. The lowest BCUT2D eigenvalue weighted by atomic mass is 10.4. The first-order chi connectivity index (χ1) is 8.18. The molecule has 3 nitrogen and oxygen atoms in total. The number of hydrogen-bond donors (Lipinski definition) is 1. The smallest absolute Gasteiger partial charge is 0.0738 e. The lowest BCUT2D eigenvalue weighted by Crippen LogP contribution is -2.20. The first kappa shape index (κ1) is 12.8. The number of thiophene rings is 1. The molecule has 0 atom stereocenters. The molecular weight excluding hydrogens is 298 g/mol. The number of aryl methyl sites for hydroxylation is 1. The van der Waals surface area contributed by atoms with E-state index >= 15 is 0 Å². The van der Waals surface area contributed by atoms with Gasteiger partial charge in [-0.25, -0.2) is 0 Å². The van der Waals surface area contributed by atoms with Crippen LogP contribution in [0.15, 0.2) is 22.0 Å². The van der Waals surface area contributed by atoms with Crippen LogP contribution in [-0.2, 0) is 13.1 Å². The van der Waals surface area contributed by atoms with Gasteiger partial charge in [-0.05, 0) is 41.2 Å². The summed E-state index contributed by atoms with van der Waals surface area (Å²) in [5.41, 5.74) is 2.25. The average molecular weight is 314 g/mol. The van der Waals surface area contributed by atoms with Crippen LogP contribution >= 0.6 is 27.3 Å². The molecule has 2 rings (SSSR count). The Labute approximate surface area is 114 Å². The summed E-state index contributed by atoms with van der Waals surface area (Å²) in [6.07, 6.45) is 0. The first-order valence-corrected chi connectivity index (χ1v) is 7.28. The van der Waals surface area contributed by atoms with Gasteiger partial charge in [0, 0.05) is 23.7 Å². The Morgan fingerprint density at radius 2 is 2.29 bits per heavy atom. The topological polar surface area (TPSA) is 29.9 Å². The Morgan fingerprint density at radius 1 is 1.47 bits per heavy atom. The third kappa shape index (κ3) is 3.18. The summed E-state index contributed by atoms with van der Waals surface area (Å²) in [4.78, 5) is 1.37. The predicted molar refractivity (Wildman–Crippen MR) is 75.4 cm³/mol. The summed E-state index contributed by atoms with van der Waals surface area (Å²) in [7, 11) is 0. The minimum atomic E-state index is 0.906. The van der Waals surface area contributed by atoms with Crippen LogP contribution in [0.25, 0.3) is 0 Å². The van der Waals surface area contributed by atoms with Crippen molar-refractivity contribution >= 4 is 27.3 Å². The third-order valence-electron chi connectivity index (χ3n) is 2.67. The molecule has 0 bridgehead atoms. The maximum atomic E-state index is 4.48. The second kappa shape index (κ2) is 5.80. The fourth-order valence-electron chi connectivity index (χ4n) is 1.70. The highest BCUT2D eigenvalue weighted by Crippen LogP contribution is 2.19. The molecule has 2 aromatic rings. The quantitative estimate of drug-likeness (QED) is 0.860. The SMILES string of the molecule is Cc1nn(CCNCc2cccs2)c(C)c1Br. The molecule has 0 aliphatic heterocycles. The number of aromatic nitrogens is 2. The Hall–Kier alpha value is -0.650. The number of rotatable bonds is 5. The molecule has 0 aromatic carbocycles. The molecule has 0 aliphatic carbocycles. The Kier molecular flexibility index (Phi) is 4.36. The van der Waals surface area contributed by atoms with Gasteiger partial charge in [-0.15, -0.1) is 11.3 Å². The van der Waals surface area contributed by atoms with Crippen molar-refractivity contribution in [2.75, 3.05) is 6.54 Å². The van der Waals surface area contributed by atoms with Crippen molar-refractivity contribution in [2.24, 2.45) is 0 Å². The van der Waals surface area contributed by atoms with Crippen molar-refractivity contribution in [1.82, 2.24) is 15.1 Å². The number of halogens is 1. The highest BCUT2D eigenvalue weighted by atomic mass is 79.9. The van der Waals surface area contributed by atoms with Gasteiger partial charge in [-0.1, -0.05) is 6.07 Å². The summed E-state index contributed by atoms with van der Waals surface area (Å²) < 4.78 is 3.16. The minimum absolute atomic E-state index is 0.906. The molecule has 0 amide bonds. The van der Waals surface area contributed by atoms with Gasteiger partial charge in [0.2, 0.25) is 0 Å². The Morgan fingerprint density at radius 3 is 2.88 bits per heavy atom. The first-order valence-electron chi connectivity index (χ1n) is 5.61. The molecule has 2 heterocycles. The van der Waals surface area contributed by atoms with E-state index in [9.17, 15) is 0 Å². The Balaban J connectivity index is 1.80. The zero-order valence-corrected chi connectivity index (χ0v) is 12.4. The van der Waals surface area contributed by atoms with Gasteiger partial charge in [0.25, 0.3) is 0 Å². The molecule has 1 N–H and O–H groups in total. The van der Waals surface area contributed by atoms with Crippen molar-refractivity contribution in [1.29, 1.82) is 0 Å².